The summed E-state index contributed by atoms with van der Waals surface area (Å²) in [6.07, 6.45) is 0. The van der Waals surface area contributed by atoms with Crippen molar-refractivity contribution in [3.63, 3.8) is 0 Å². The van der Waals surface area contributed by atoms with E-state index < -0.39 is 0 Å². The highest BCUT2D eigenvalue weighted by molar-refractivity contribution is 7.07. The molecule has 0 saturated carbocycles. The van der Waals surface area contributed by atoms with Crippen LogP contribution in [0, 0.1) is 0 Å². The van der Waals surface area contributed by atoms with Gasteiger partial charge in [0.2, 0.25) is 0 Å². The van der Waals surface area contributed by atoms with E-state index in [0.717, 1.165) is 5.56 Å². The summed E-state index contributed by atoms with van der Waals surface area (Å²) in [5.74, 6) is -0.301. The van der Waals surface area contributed by atoms with Crippen molar-refractivity contribution in [1.82, 2.24) is 20.4 Å². The zero-order chi connectivity index (χ0) is 17.1. The first-order chi connectivity index (χ1) is 11.6. The number of H-pyrrole nitrogens is 1. The van der Waals surface area contributed by atoms with Crippen molar-refractivity contribution in [3.8, 4) is 0 Å². The number of likely N-dealkylation sites (N-methyl/N-ethyl adjacent to an activating group) is 1. The van der Waals surface area contributed by atoms with E-state index in [9.17, 15) is 9.59 Å². The molecule has 0 bridgehead atoms. The number of carbonyl (C=O) groups excluding carboxylic acids is 1. The standard InChI is InChI=1S/C17H18N4O2S/c1-21(2)14(11-7-8-24-10-11)9-18-17(23)15-12-5-3-4-6-13(12)16(22)20-19-15/h3-8,10,14H,9H2,1-2H3,(H,18,23)(H,20,22). The molecule has 0 aliphatic carbocycles. The SMILES string of the molecule is CN(C)C(CNC(=O)c1n[nH]c(=O)c2ccccc12)c1ccsc1. The van der Waals surface area contributed by atoms with Crippen molar-refractivity contribution in [3.05, 3.63) is 62.7 Å². The van der Waals surface area contributed by atoms with Gasteiger partial charge in [0.15, 0.2) is 5.69 Å². The van der Waals surface area contributed by atoms with Crippen molar-refractivity contribution >= 4 is 28.0 Å². The normalized spacial score (nSPS) is 12.5. The Hall–Kier alpha value is -2.51. The summed E-state index contributed by atoms with van der Waals surface area (Å²) in [7, 11) is 3.95. The third kappa shape index (κ3) is 3.22. The van der Waals surface area contributed by atoms with Crippen molar-refractivity contribution < 1.29 is 4.79 Å². The number of rotatable bonds is 5. The molecule has 6 nitrogen and oxygen atoms in total. The smallest absolute Gasteiger partial charge is 0.272 e. The number of carbonyl (C=O) groups is 1. The van der Waals surface area contributed by atoms with E-state index in [1.165, 1.54) is 0 Å². The molecule has 2 aromatic heterocycles. The second-order valence-corrected chi connectivity index (χ2v) is 6.47. The van der Waals surface area contributed by atoms with Crippen LogP contribution in [0.1, 0.15) is 22.1 Å². The van der Waals surface area contributed by atoms with E-state index in [2.05, 4.69) is 31.9 Å². The lowest BCUT2D eigenvalue weighted by Crippen LogP contribution is -2.35. The fraction of sp³-hybridized carbons (Fsp3) is 0.235. The Labute approximate surface area is 143 Å². The molecule has 0 radical (unpaired) electrons. The van der Waals surface area contributed by atoms with Gasteiger partial charge >= 0.3 is 0 Å². The maximum atomic E-state index is 12.6. The van der Waals surface area contributed by atoms with Crippen LogP contribution in [-0.4, -0.2) is 41.6 Å². The Morgan fingerprint density at radius 2 is 2.04 bits per heavy atom. The van der Waals surface area contributed by atoms with Crippen LogP contribution in [0.4, 0.5) is 0 Å². The molecule has 1 unspecified atom stereocenters. The van der Waals surface area contributed by atoms with E-state index >= 15 is 0 Å². The van der Waals surface area contributed by atoms with Gasteiger partial charge in [0.25, 0.3) is 11.5 Å². The van der Waals surface area contributed by atoms with Gasteiger partial charge in [-0.15, -0.1) is 0 Å². The fourth-order valence-corrected chi connectivity index (χ4v) is 3.33. The molecule has 0 spiro atoms. The molecule has 124 valence electrons. The number of fused-ring (bicyclic) bond motifs is 1. The highest BCUT2D eigenvalue weighted by atomic mass is 32.1. The summed E-state index contributed by atoms with van der Waals surface area (Å²) < 4.78 is 0. The number of benzene rings is 1. The van der Waals surface area contributed by atoms with Gasteiger partial charge in [-0.3, -0.25) is 9.59 Å². The summed E-state index contributed by atoms with van der Waals surface area (Å²) in [4.78, 5) is 26.4. The Morgan fingerprint density at radius 1 is 1.29 bits per heavy atom. The third-order valence-corrected chi connectivity index (χ3v) is 4.62. The second kappa shape index (κ2) is 6.94. The molecule has 0 aliphatic rings. The first-order valence-corrected chi connectivity index (χ1v) is 8.46. The van der Waals surface area contributed by atoms with Gasteiger partial charge in [-0.1, -0.05) is 18.2 Å². The lowest BCUT2D eigenvalue weighted by atomic mass is 10.1. The first-order valence-electron chi connectivity index (χ1n) is 7.52. The average Bonchev–Trinajstić information content (AvgIpc) is 3.09. The number of hydrogen-bond acceptors (Lipinski definition) is 5. The minimum absolute atomic E-state index is 0.0780. The largest absolute Gasteiger partial charge is 0.349 e. The van der Waals surface area contributed by atoms with Gasteiger partial charge in [-0.2, -0.15) is 16.4 Å². The Balaban J connectivity index is 1.83. The molecule has 1 atom stereocenters. The molecule has 1 amide bonds. The zero-order valence-corrected chi connectivity index (χ0v) is 14.3. The molecule has 24 heavy (non-hydrogen) atoms. The molecule has 2 heterocycles. The average molecular weight is 342 g/mol. The molecule has 7 heteroatoms. The number of aromatic amines is 1. The predicted molar refractivity (Wildman–Crippen MR) is 95.4 cm³/mol. The van der Waals surface area contributed by atoms with E-state index in [0.29, 0.717) is 17.3 Å². The number of aromatic nitrogens is 2. The lowest BCUT2D eigenvalue weighted by Gasteiger charge is -2.24. The van der Waals surface area contributed by atoms with Crippen molar-refractivity contribution in [2.45, 2.75) is 6.04 Å². The van der Waals surface area contributed by atoms with Crippen LogP contribution in [0.2, 0.25) is 0 Å². The van der Waals surface area contributed by atoms with Crippen LogP contribution in [0.25, 0.3) is 10.8 Å². The second-order valence-electron chi connectivity index (χ2n) is 5.69. The molecular formula is C17H18N4O2S. The van der Waals surface area contributed by atoms with E-state index in [1.54, 1.807) is 35.6 Å². The number of hydrogen-bond donors (Lipinski definition) is 2. The Kier molecular flexibility index (Phi) is 4.73. The molecule has 0 aliphatic heterocycles. The highest BCUT2D eigenvalue weighted by Gasteiger charge is 2.18. The van der Waals surface area contributed by atoms with Crippen molar-refractivity contribution in [1.29, 1.82) is 0 Å². The first kappa shape index (κ1) is 16.4. The highest BCUT2D eigenvalue weighted by Crippen LogP contribution is 2.20. The van der Waals surface area contributed by atoms with E-state index in [4.69, 9.17) is 0 Å². The van der Waals surface area contributed by atoms with Gasteiger partial charge in [0.05, 0.1) is 11.4 Å². The van der Waals surface area contributed by atoms with Crippen LogP contribution >= 0.6 is 11.3 Å². The van der Waals surface area contributed by atoms with Gasteiger partial charge in [0, 0.05) is 11.9 Å². The molecular weight excluding hydrogens is 324 g/mol. The Bertz CT molecular complexity index is 902. The molecule has 0 saturated heterocycles. The maximum absolute atomic E-state index is 12.6. The van der Waals surface area contributed by atoms with Crippen molar-refractivity contribution in [2.24, 2.45) is 0 Å². The van der Waals surface area contributed by atoms with Gasteiger partial charge in [0.1, 0.15) is 0 Å². The number of amides is 1. The summed E-state index contributed by atoms with van der Waals surface area (Å²) in [5.41, 5.74) is 1.09. The monoisotopic (exact) mass is 342 g/mol. The summed E-state index contributed by atoms with van der Waals surface area (Å²) >= 11 is 1.63. The predicted octanol–water partition coefficient (Wildman–Crippen LogP) is 2.02. The third-order valence-electron chi connectivity index (χ3n) is 3.92. The quantitative estimate of drug-likeness (QED) is 0.743. The van der Waals surface area contributed by atoms with Gasteiger partial charge in [-0.25, -0.2) is 5.10 Å². The molecule has 2 N–H and O–H groups in total. The molecule has 3 rings (SSSR count). The number of nitrogens with one attached hydrogen (secondary N) is 2. The maximum Gasteiger partial charge on any atom is 0.272 e. The lowest BCUT2D eigenvalue weighted by molar-refractivity contribution is 0.0938. The number of thiophene rings is 1. The summed E-state index contributed by atoms with van der Waals surface area (Å²) in [6.45, 7) is 0.456. The molecule has 1 aromatic carbocycles. The molecule has 3 aromatic rings. The van der Waals surface area contributed by atoms with Crippen LogP contribution in [0.15, 0.2) is 45.9 Å². The van der Waals surface area contributed by atoms with Crippen molar-refractivity contribution in [2.75, 3.05) is 20.6 Å². The fourth-order valence-electron chi connectivity index (χ4n) is 2.62. The van der Waals surface area contributed by atoms with Crippen LogP contribution in [-0.2, 0) is 0 Å². The van der Waals surface area contributed by atoms with E-state index in [1.807, 2.05) is 19.5 Å². The summed E-state index contributed by atoms with van der Waals surface area (Å²) in [5, 5.41) is 14.3. The van der Waals surface area contributed by atoms with Gasteiger partial charge in [-0.05, 0) is 42.6 Å². The number of nitrogens with zero attached hydrogens (tertiary/aromatic N) is 2. The zero-order valence-electron chi connectivity index (χ0n) is 13.4. The minimum Gasteiger partial charge on any atom is -0.349 e. The minimum atomic E-state index is -0.301. The van der Waals surface area contributed by atoms with Crippen LogP contribution < -0.4 is 10.9 Å². The van der Waals surface area contributed by atoms with Crippen LogP contribution in [0.3, 0.4) is 0 Å². The van der Waals surface area contributed by atoms with Crippen LogP contribution in [0.5, 0.6) is 0 Å². The van der Waals surface area contributed by atoms with E-state index in [-0.39, 0.29) is 23.2 Å². The topological polar surface area (TPSA) is 78.1 Å². The summed E-state index contributed by atoms with van der Waals surface area (Å²) in [6, 6.07) is 9.09. The Morgan fingerprint density at radius 3 is 2.71 bits per heavy atom. The van der Waals surface area contributed by atoms with Gasteiger partial charge < -0.3 is 10.2 Å². The molecule has 0 fully saturated rings.